The smallest absolute Gasteiger partial charge is 0.488 e. The molecule has 0 radical (unpaired) electrons. The molecule has 1 N–H and O–H groups in total. The second-order valence-corrected chi connectivity index (χ2v) is 9.29. The van der Waals surface area contributed by atoms with Gasteiger partial charge in [0.05, 0.1) is 5.52 Å². The van der Waals surface area contributed by atoms with Gasteiger partial charge < -0.3 is 24.0 Å². The number of nitrogens with zero attached hydrogens (tertiary/aromatic N) is 4. The number of likely N-dealkylation sites (tertiary alicyclic amines) is 1. The van der Waals surface area contributed by atoms with Gasteiger partial charge in [-0.3, -0.25) is 4.57 Å². The van der Waals surface area contributed by atoms with E-state index in [1.54, 1.807) is 25.1 Å². The predicted octanol–water partition coefficient (Wildman–Crippen LogP) is 2.99. The lowest BCUT2D eigenvalue weighted by Gasteiger charge is -2.33. The first-order valence-electron chi connectivity index (χ1n) is 12.1. The van der Waals surface area contributed by atoms with Gasteiger partial charge in [0.15, 0.2) is 17.0 Å². The topological polar surface area (TPSA) is 112 Å². The average molecular weight is 552 g/mol. The van der Waals surface area contributed by atoms with Gasteiger partial charge in [0.2, 0.25) is 0 Å². The predicted molar refractivity (Wildman–Crippen MR) is 129 cm³/mol. The highest BCUT2D eigenvalue weighted by molar-refractivity contribution is 5.80. The third kappa shape index (κ3) is 5.47. The van der Waals surface area contributed by atoms with Gasteiger partial charge in [-0.05, 0) is 37.1 Å². The molecule has 0 unspecified atom stereocenters. The Morgan fingerprint density at radius 3 is 2.67 bits per heavy atom. The minimum atomic E-state index is -5.34. The van der Waals surface area contributed by atoms with Crippen LogP contribution < -0.4 is 15.3 Å². The highest BCUT2D eigenvalue weighted by atomic mass is 19.4. The normalized spacial score (nSPS) is 16.2. The number of piperidine rings is 1. The summed E-state index contributed by atoms with van der Waals surface area (Å²) in [5.74, 6) is -2.41. The summed E-state index contributed by atoms with van der Waals surface area (Å²) >= 11 is 0. The summed E-state index contributed by atoms with van der Waals surface area (Å²) in [6.45, 7) is 2.94. The Morgan fingerprint density at radius 1 is 1.21 bits per heavy atom. The summed E-state index contributed by atoms with van der Waals surface area (Å²) in [5, 5.41) is 10.5. The van der Waals surface area contributed by atoms with Crippen LogP contribution in [0.4, 0.5) is 17.6 Å². The van der Waals surface area contributed by atoms with Crippen LogP contribution in [0.25, 0.3) is 22.1 Å². The van der Waals surface area contributed by atoms with Gasteiger partial charge in [-0.15, -0.1) is 4.73 Å². The third-order valence-corrected chi connectivity index (χ3v) is 6.51. The number of hydrogen-bond donors (Lipinski definition) is 1. The third-order valence-electron chi connectivity index (χ3n) is 6.51. The first-order chi connectivity index (χ1) is 18.5. The Balaban J connectivity index is 1.24. The number of benzene rings is 2. The van der Waals surface area contributed by atoms with E-state index in [0.29, 0.717) is 48.7 Å². The summed E-state index contributed by atoms with van der Waals surface area (Å²) < 4.78 is 64.8. The first-order valence-corrected chi connectivity index (χ1v) is 12.1. The number of aliphatic hydroxyl groups is 1. The molecule has 1 aliphatic heterocycles. The van der Waals surface area contributed by atoms with Crippen LogP contribution >= 0.6 is 0 Å². The molecule has 1 fully saturated rings. The molecule has 1 saturated heterocycles. The number of rotatable bonds is 7. The van der Waals surface area contributed by atoms with E-state index in [1.165, 1.54) is 10.6 Å². The van der Waals surface area contributed by atoms with E-state index in [4.69, 9.17) is 9.15 Å². The fraction of sp³-hybridized carbons (Fsp3) is 0.400. The lowest BCUT2D eigenvalue weighted by molar-refractivity contribution is -0.199. The number of imidazole rings is 1. The Labute approximate surface area is 217 Å². The van der Waals surface area contributed by atoms with Gasteiger partial charge in [-0.1, -0.05) is 6.07 Å². The number of ether oxygens (including phenoxy) is 1. The maximum atomic E-state index is 13.9. The van der Waals surface area contributed by atoms with Crippen molar-refractivity contribution in [3.63, 3.8) is 0 Å². The molecular weight excluding hydrogens is 528 g/mol. The molecule has 2 aromatic heterocycles. The maximum absolute atomic E-state index is 13.9. The van der Waals surface area contributed by atoms with E-state index >= 15 is 0 Å². The number of oxazole rings is 1. The zero-order chi connectivity index (χ0) is 27.9. The SMILES string of the molecule is Cc1nc2c(OC[C@@H](O)CN3CCC(n4c(=O)n(OC(=O)C(F)(F)F)c5cc(F)ccc54)CC3)cccc2o1. The molecule has 208 valence electrons. The lowest BCUT2D eigenvalue weighted by atomic mass is 10.0. The van der Waals surface area contributed by atoms with Crippen LogP contribution in [-0.2, 0) is 4.79 Å². The van der Waals surface area contributed by atoms with Gasteiger partial charge in [0.25, 0.3) is 0 Å². The number of alkyl halides is 3. The summed E-state index contributed by atoms with van der Waals surface area (Å²) in [4.78, 5) is 35.0. The Bertz CT molecular complexity index is 1570. The second-order valence-electron chi connectivity index (χ2n) is 9.29. The Hall–Kier alpha value is -3.91. The van der Waals surface area contributed by atoms with Gasteiger partial charge in [-0.25, -0.2) is 19.0 Å². The standard InChI is InChI=1S/C25H24F4N4O6/c1-14-30-22-20(3-2-4-21(22)38-14)37-13-17(34)12-31-9-7-16(8-10-31)32-18-6-5-15(26)11-19(18)33(24(32)36)39-23(35)25(27,28)29/h2-6,11,16-17,34H,7-10,12-13H2,1H3/t17-/m0/s1. The van der Waals surface area contributed by atoms with Crippen LogP contribution in [0.1, 0.15) is 24.8 Å². The lowest BCUT2D eigenvalue weighted by Crippen LogP contribution is -2.43. The molecule has 5 rings (SSSR count). The van der Waals surface area contributed by atoms with Crippen LogP contribution in [-0.4, -0.2) is 68.8 Å². The number of aliphatic hydroxyl groups excluding tert-OH is 1. The number of hydrogen-bond acceptors (Lipinski definition) is 8. The van der Waals surface area contributed by atoms with Crippen molar-refractivity contribution in [1.29, 1.82) is 0 Å². The van der Waals surface area contributed by atoms with Crippen molar-refractivity contribution >= 4 is 28.1 Å². The van der Waals surface area contributed by atoms with E-state index < -0.39 is 35.8 Å². The fourth-order valence-corrected chi connectivity index (χ4v) is 4.79. The van der Waals surface area contributed by atoms with Gasteiger partial charge in [0, 0.05) is 38.7 Å². The number of aromatic nitrogens is 3. The van der Waals surface area contributed by atoms with Crippen molar-refractivity contribution in [2.45, 2.75) is 38.1 Å². The number of carbonyl (C=O) groups excluding carboxylic acids is 1. The highest BCUT2D eigenvalue weighted by Crippen LogP contribution is 2.28. The van der Waals surface area contributed by atoms with Crippen LogP contribution in [0.5, 0.6) is 5.75 Å². The summed E-state index contributed by atoms with van der Waals surface area (Å²) in [7, 11) is 0. The van der Waals surface area contributed by atoms with Gasteiger partial charge in [0.1, 0.15) is 29.8 Å². The molecule has 0 spiro atoms. The van der Waals surface area contributed by atoms with Crippen LogP contribution in [0.15, 0.2) is 45.6 Å². The molecule has 0 saturated carbocycles. The molecule has 1 aliphatic rings. The summed E-state index contributed by atoms with van der Waals surface area (Å²) in [5.41, 5.74) is -0.0229. The minimum absolute atomic E-state index is 0.00797. The molecule has 10 nitrogen and oxygen atoms in total. The zero-order valence-corrected chi connectivity index (χ0v) is 20.7. The zero-order valence-electron chi connectivity index (χ0n) is 20.7. The number of β-amino-alcohol motifs (C(OH)–C–C–N with tert-alkyl or cyclic N) is 1. The molecule has 14 heteroatoms. The number of carbonyl (C=O) groups is 1. The molecule has 2 aromatic carbocycles. The molecule has 3 heterocycles. The summed E-state index contributed by atoms with van der Waals surface area (Å²) in [6.07, 6.45) is -5.35. The van der Waals surface area contributed by atoms with Crippen LogP contribution in [0, 0.1) is 12.7 Å². The minimum Gasteiger partial charge on any atom is -0.488 e. The van der Waals surface area contributed by atoms with Crippen molar-refractivity contribution in [3.8, 4) is 5.75 Å². The number of para-hydroxylation sites is 1. The molecule has 0 amide bonds. The quantitative estimate of drug-likeness (QED) is 0.349. The number of halogens is 4. The Morgan fingerprint density at radius 2 is 1.95 bits per heavy atom. The largest absolute Gasteiger partial charge is 0.493 e. The Kier molecular flexibility index (Phi) is 7.07. The van der Waals surface area contributed by atoms with Gasteiger partial charge in [-0.2, -0.15) is 13.2 Å². The molecule has 4 aromatic rings. The van der Waals surface area contributed by atoms with Crippen molar-refractivity contribution in [1.82, 2.24) is 19.2 Å². The number of aryl methyl sites for hydroxylation is 1. The van der Waals surface area contributed by atoms with E-state index in [-0.39, 0.29) is 28.9 Å². The highest BCUT2D eigenvalue weighted by Gasteiger charge is 2.43. The molecular formula is C25H24F4N4O6. The van der Waals surface area contributed by atoms with Crippen molar-refractivity contribution in [3.05, 3.63) is 58.6 Å². The molecule has 0 bridgehead atoms. The molecule has 0 aliphatic carbocycles. The van der Waals surface area contributed by atoms with Gasteiger partial charge >= 0.3 is 17.8 Å². The van der Waals surface area contributed by atoms with E-state index in [0.717, 1.165) is 12.1 Å². The summed E-state index contributed by atoms with van der Waals surface area (Å²) in [6, 6.07) is 7.97. The maximum Gasteiger partial charge on any atom is 0.493 e. The monoisotopic (exact) mass is 552 g/mol. The fourth-order valence-electron chi connectivity index (χ4n) is 4.79. The van der Waals surface area contributed by atoms with E-state index in [1.807, 2.05) is 4.90 Å². The van der Waals surface area contributed by atoms with Crippen LogP contribution in [0.3, 0.4) is 0 Å². The second kappa shape index (κ2) is 10.3. The first kappa shape index (κ1) is 26.7. The molecule has 39 heavy (non-hydrogen) atoms. The van der Waals surface area contributed by atoms with Crippen LogP contribution in [0.2, 0.25) is 0 Å². The van der Waals surface area contributed by atoms with Crippen molar-refractivity contribution in [2.75, 3.05) is 26.2 Å². The van der Waals surface area contributed by atoms with E-state index in [9.17, 15) is 32.3 Å². The van der Waals surface area contributed by atoms with Crippen molar-refractivity contribution < 1.29 is 41.5 Å². The van der Waals surface area contributed by atoms with Crippen molar-refractivity contribution in [2.24, 2.45) is 0 Å². The van der Waals surface area contributed by atoms with E-state index in [2.05, 4.69) is 9.82 Å². The number of fused-ring (bicyclic) bond motifs is 2. The molecule has 1 atom stereocenters. The average Bonchev–Trinajstić information content (AvgIpc) is 3.39.